The summed E-state index contributed by atoms with van der Waals surface area (Å²) in [6.45, 7) is 5.36. The molecule has 0 amide bonds. The van der Waals surface area contributed by atoms with Crippen molar-refractivity contribution >= 4 is 24.3 Å². The maximum Gasteiger partial charge on any atom is 0.0697 e. The van der Waals surface area contributed by atoms with Gasteiger partial charge < -0.3 is 99.3 Å². The zero-order chi connectivity index (χ0) is 56.8. The van der Waals surface area contributed by atoms with Gasteiger partial charge in [-0.25, -0.2) is 0 Å². The van der Waals surface area contributed by atoms with Crippen LogP contribution in [-0.2, 0) is 63.6 Å². The summed E-state index contributed by atoms with van der Waals surface area (Å²) in [5, 5.41) is 86.6. The summed E-state index contributed by atoms with van der Waals surface area (Å²) in [6, 6.07) is -0.481. The molecule has 3 aliphatic heterocycles. The largest absolute Gasteiger partial charge is 0.394 e. The maximum absolute atomic E-state index is 9.58. The third-order valence-electron chi connectivity index (χ3n) is 14.3. The minimum Gasteiger partial charge on any atom is -0.394 e. The van der Waals surface area contributed by atoms with Gasteiger partial charge in [-0.15, -0.1) is 0 Å². The second kappa shape index (κ2) is 41.3. The van der Waals surface area contributed by atoms with Crippen molar-refractivity contribution < 1.29 is 78.7 Å². The number of aliphatic hydroxyl groups is 8. The fourth-order valence-electron chi connectivity index (χ4n) is 10.9. The van der Waals surface area contributed by atoms with Gasteiger partial charge in [0.15, 0.2) is 0 Å². The molecule has 80 heavy (non-hydrogen) atoms. The predicted molar refractivity (Wildman–Crippen MR) is 307 cm³/mol. The number of fused-ring (bicyclic) bond motifs is 8. The Morgan fingerprint density at radius 2 is 0.562 bits per heavy atom. The van der Waals surface area contributed by atoms with Gasteiger partial charge in [0, 0.05) is 86.3 Å². The van der Waals surface area contributed by atoms with Crippen LogP contribution in [0.3, 0.4) is 0 Å². The Balaban J connectivity index is 1.86. The van der Waals surface area contributed by atoms with Gasteiger partial charge in [0.25, 0.3) is 0 Å². The molecule has 0 saturated heterocycles. The summed E-state index contributed by atoms with van der Waals surface area (Å²) in [6.07, 6.45) is 20.5. The van der Waals surface area contributed by atoms with E-state index in [-0.39, 0.29) is 118 Å². The first-order valence-electron chi connectivity index (χ1n) is 29.5. The lowest BCUT2D eigenvalue weighted by Crippen LogP contribution is -2.28. The predicted octanol–water partition coefficient (Wildman–Crippen LogP) is 1.76. The second-order valence-corrected chi connectivity index (χ2v) is 20.0. The zero-order valence-corrected chi connectivity index (χ0v) is 47.6. The monoisotopic (exact) mass is 1130 g/mol. The molecule has 2 atom stereocenters. The van der Waals surface area contributed by atoms with Crippen LogP contribution in [0.15, 0.2) is 33.7 Å². The molecule has 20 nitrogen and oxygen atoms in total. The van der Waals surface area contributed by atoms with Crippen LogP contribution < -0.4 is 21.3 Å². The molecule has 2 aromatic rings. The van der Waals surface area contributed by atoms with E-state index in [2.05, 4.69) is 44.9 Å². The molecule has 2 aromatic heterocycles. The van der Waals surface area contributed by atoms with Crippen molar-refractivity contribution in [2.24, 2.45) is 0 Å². The second-order valence-electron chi connectivity index (χ2n) is 20.0. The lowest BCUT2D eigenvalue weighted by atomic mass is 9.93. The standard InChI is InChI=1S/C60H98N4O16/c65-17-33-73-25-1-9-45-46(10-2-26-74-34-18-66)54-42-56-49(13-5-29-77-37-21-69)50(14-6-30-78-38-22-70)58(63-56)44-60-52(16-8-32-80-40-24-72)51(15-7-31-79-39-23-71)59(64-60)43-57-48(12-4-28-76-36-20-68)47(11-3-27-75-35-19-67)55(62-57)41-53(45)61-54/h41-44,53,59,61-72H,1-40H2/b54-42-,55-41-,57-43-,60-44?. The van der Waals surface area contributed by atoms with E-state index in [1.165, 1.54) is 33.4 Å². The number of aliphatic hydroxyl groups excluding tert-OH is 8. The Morgan fingerprint density at radius 1 is 0.300 bits per heavy atom. The van der Waals surface area contributed by atoms with E-state index in [0.717, 1.165) is 70.3 Å². The summed E-state index contributed by atoms with van der Waals surface area (Å²) in [4.78, 5) is 7.93. The molecule has 0 saturated carbocycles. The normalized spacial score (nSPS) is 17.6. The summed E-state index contributed by atoms with van der Waals surface area (Å²) in [7, 11) is 0. The van der Waals surface area contributed by atoms with E-state index in [1.807, 2.05) is 0 Å². The quantitative estimate of drug-likeness (QED) is 0.0421. The molecule has 0 aromatic carbocycles. The Hall–Kier alpha value is -3.78. The van der Waals surface area contributed by atoms with E-state index in [4.69, 9.17) is 37.9 Å². The van der Waals surface area contributed by atoms with E-state index in [1.54, 1.807) is 0 Å². The first kappa shape index (κ1) is 67.0. The van der Waals surface area contributed by atoms with E-state index in [9.17, 15) is 40.9 Å². The van der Waals surface area contributed by atoms with Crippen molar-refractivity contribution in [3.63, 3.8) is 0 Å². The highest BCUT2D eigenvalue weighted by molar-refractivity contribution is 5.71. The molecule has 3 aliphatic rings. The third-order valence-corrected chi connectivity index (χ3v) is 14.3. The Labute approximate surface area is 473 Å². The van der Waals surface area contributed by atoms with Gasteiger partial charge in [-0.3, -0.25) is 0 Å². The highest BCUT2D eigenvalue weighted by Gasteiger charge is 2.31. The first-order valence-corrected chi connectivity index (χ1v) is 29.5. The summed E-state index contributed by atoms with van der Waals surface area (Å²) in [5.74, 6) is 0. The first-order chi connectivity index (χ1) is 39.5. The number of rotatable bonds is 48. The number of H-pyrrole nitrogens is 2. The molecule has 12 N–H and O–H groups in total. The minimum atomic E-state index is -0.241. The number of aromatic amines is 2. The van der Waals surface area contributed by atoms with Crippen LogP contribution in [-0.4, -0.2) is 221 Å². The van der Waals surface area contributed by atoms with E-state index < -0.39 is 0 Å². The number of nitrogens with one attached hydrogen (secondary N) is 4. The Morgan fingerprint density at radius 3 is 0.850 bits per heavy atom. The van der Waals surface area contributed by atoms with Gasteiger partial charge in [0.1, 0.15) is 0 Å². The maximum atomic E-state index is 9.58. The van der Waals surface area contributed by atoms with Crippen molar-refractivity contribution in [3.8, 4) is 0 Å². The van der Waals surface area contributed by atoms with Crippen LogP contribution in [0.4, 0.5) is 0 Å². The highest BCUT2D eigenvalue weighted by Crippen LogP contribution is 2.38. The molecule has 8 bridgehead atoms. The van der Waals surface area contributed by atoms with E-state index in [0.29, 0.717) is 130 Å². The number of hydrogen-bond donors (Lipinski definition) is 12. The van der Waals surface area contributed by atoms with Gasteiger partial charge >= 0.3 is 0 Å². The molecule has 5 heterocycles. The van der Waals surface area contributed by atoms with Gasteiger partial charge in [-0.2, -0.15) is 0 Å². The fourth-order valence-corrected chi connectivity index (χ4v) is 10.9. The van der Waals surface area contributed by atoms with Crippen molar-refractivity contribution in [1.29, 1.82) is 0 Å². The van der Waals surface area contributed by atoms with Crippen molar-refractivity contribution in [1.82, 2.24) is 20.6 Å². The number of hydrogen-bond acceptors (Lipinski definition) is 18. The number of ether oxygens (including phenoxy) is 8. The fraction of sp³-hybridized carbons (Fsp3) is 0.700. The minimum absolute atomic E-state index is 0.0562. The molecule has 0 radical (unpaired) electrons. The molecule has 20 heteroatoms. The van der Waals surface area contributed by atoms with Crippen LogP contribution in [0, 0.1) is 0 Å². The van der Waals surface area contributed by atoms with Crippen LogP contribution in [0.25, 0.3) is 24.3 Å². The molecular formula is C60H98N4O16. The van der Waals surface area contributed by atoms with Crippen LogP contribution in [0.1, 0.15) is 111 Å². The van der Waals surface area contributed by atoms with Gasteiger partial charge in [0.2, 0.25) is 0 Å². The van der Waals surface area contributed by atoms with Gasteiger partial charge in [0.05, 0.1) is 118 Å². The number of allylic oxidation sites excluding steroid dienone is 2. The van der Waals surface area contributed by atoms with Crippen LogP contribution >= 0.6 is 0 Å². The number of aromatic nitrogens is 2. The SMILES string of the molecule is OCCOCCCC1=C(CCCOCCO)C2/C=c3\[nH]/c(c(CCCOCCO)c3CCCOCCO)=C\C3N/C(=C\c4[nH]c(c(CCCOCCO)c4CCCOCCO)C=C1N2)C(CCCOCCO)=C3CCCOCCO. The zero-order valence-electron chi connectivity index (χ0n) is 47.6. The molecule has 0 aliphatic carbocycles. The van der Waals surface area contributed by atoms with Crippen molar-refractivity contribution in [3.05, 3.63) is 78.0 Å². The molecule has 2 unspecified atom stereocenters. The molecule has 0 spiro atoms. The lowest BCUT2D eigenvalue weighted by Gasteiger charge is -2.14. The summed E-state index contributed by atoms with van der Waals surface area (Å²) in [5.41, 5.74) is 13.3. The smallest absolute Gasteiger partial charge is 0.0697 e. The van der Waals surface area contributed by atoms with Crippen molar-refractivity contribution in [2.45, 2.75) is 115 Å². The Bertz CT molecular complexity index is 2120. The average molecular weight is 1130 g/mol. The van der Waals surface area contributed by atoms with Crippen LogP contribution in [0.5, 0.6) is 0 Å². The average Bonchev–Trinajstić information content (AvgIpc) is 4.19. The molecule has 5 rings (SSSR count). The van der Waals surface area contributed by atoms with E-state index >= 15 is 0 Å². The molecular weight excluding hydrogens is 1030 g/mol. The summed E-state index contributed by atoms with van der Waals surface area (Å²) < 4.78 is 46.7. The van der Waals surface area contributed by atoms with Crippen molar-refractivity contribution in [2.75, 3.05) is 159 Å². The van der Waals surface area contributed by atoms with Gasteiger partial charge in [-0.1, -0.05) is 0 Å². The lowest BCUT2D eigenvalue weighted by molar-refractivity contribution is 0.0903. The molecule has 0 fully saturated rings. The van der Waals surface area contributed by atoms with Gasteiger partial charge in [-0.05, 0) is 172 Å². The Kier molecular flexibility index (Phi) is 34.6. The third kappa shape index (κ3) is 22.8. The molecule has 454 valence electrons. The topological polar surface area (TPSA) is 291 Å². The highest BCUT2D eigenvalue weighted by atomic mass is 16.5. The van der Waals surface area contributed by atoms with Crippen LogP contribution in [0.2, 0.25) is 0 Å². The summed E-state index contributed by atoms with van der Waals surface area (Å²) >= 11 is 0.